The molecule has 2 N–H and O–H groups in total. The van der Waals surface area contributed by atoms with E-state index < -0.39 is 5.97 Å². The summed E-state index contributed by atoms with van der Waals surface area (Å²) in [5.74, 6) is -0.874. The lowest BCUT2D eigenvalue weighted by molar-refractivity contribution is 0.0696. The molecule has 1 saturated carbocycles. The molecule has 1 unspecified atom stereocenters. The zero-order chi connectivity index (χ0) is 17.0. The molecule has 2 aromatic rings. The summed E-state index contributed by atoms with van der Waals surface area (Å²) in [5, 5.41) is 12.8. The molecule has 1 fully saturated rings. The maximum atomic E-state index is 11.1. The number of hydrogen-bond donors (Lipinski definition) is 2. The molecule has 0 bridgehead atoms. The van der Waals surface area contributed by atoms with Gasteiger partial charge >= 0.3 is 5.97 Å². The van der Waals surface area contributed by atoms with Crippen LogP contribution in [0.15, 0.2) is 54.6 Å². The van der Waals surface area contributed by atoms with Crippen LogP contribution in [-0.4, -0.2) is 17.1 Å². The van der Waals surface area contributed by atoms with Gasteiger partial charge in [0.1, 0.15) is 0 Å². The van der Waals surface area contributed by atoms with Crippen molar-refractivity contribution in [3.05, 3.63) is 71.3 Å². The molecular weight excluding hydrogens is 298 g/mol. The van der Waals surface area contributed by atoms with E-state index in [1.807, 2.05) is 12.1 Å². The van der Waals surface area contributed by atoms with Gasteiger partial charge in [-0.1, -0.05) is 55.3 Å². The van der Waals surface area contributed by atoms with E-state index in [2.05, 4.69) is 42.6 Å². The minimum atomic E-state index is -0.874. The van der Waals surface area contributed by atoms with Crippen molar-refractivity contribution < 1.29 is 9.90 Å². The summed E-state index contributed by atoms with van der Waals surface area (Å²) in [5.41, 5.74) is 2.97. The molecule has 24 heavy (non-hydrogen) atoms. The highest BCUT2D eigenvalue weighted by Crippen LogP contribution is 2.43. The molecule has 0 saturated heterocycles. The maximum absolute atomic E-state index is 11.1. The molecule has 0 radical (unpaired) electrons. The second-order valence-corrected chi connectivity index (χ2v) is 6.84. The molecule has 0 aliphatic heterocycles. The van der Waals surface area contributed by atoms with Crippen LogP contribution in [0.2, 0.25) is 0 Å². The topological polar surface area (TPSA) is 49.3 Å². The van der Waals surface area contributed by atoms with Gasteiger partial charge in [0.15, 0.2) is 0 Å². The Hall–Kier alpha value is -2.13. The van der Waals surface area contributed by atoms with Crippen LogP contribution in [-0.2, 0) is 12.0 Å². The summed E-state index contributed by atoms with van der Waals surface area (Å²) in [4.78, 5) is 11.1. The average Bonchev–Trinajstić information content (AvgIpc) is 3.12. The van der Waals surface area contributed by atoms with Gasteiger partial charge in [-0.15, -0.1) is 0 Å². The van der Waals surface area contributed by atoms with E-state index in [-0.39, 0.29) is 5.41 Å². The van der Waals surface area contributed by atoms with Crippen LogP contribution in [0.3, 0.4) is 0 Å². The number of carboxylic acids is 1. The van der Waals surface area contributed by atoms with Crippen molar-refractivity contribution in [1.29, 1.82) is 0 Å². The number of rotatable bonds is 6. The third-order valence-corrected chi connectivity index (χ3v) is 5.46. The summed E-state index contributed by atoms with van der Waals surface area (Å²) in [6, 6.07) is 18.3. The molecule has 0 amide bonds. The fraction of sp³-hybridized carbons (Fsp3) is 0.381. The predicted octanol–water partition coefficient (Wildman–Crippen LogP) is 4.37. The van der Waals surface area contributed by atoms with E-state index in [0.29, 0.717) is 18.2 Å². The van der Waals surface area contributed by atoms with Crippen LogP contribution < -0.4 is 5.32 Å². The second-order valence-electron chi connectivity index (χ2n) is 6.84. The molecule has 3 nitrogen and oxygen atoms in total. The zero-order valence-electron chi connectivity index (χ0n) is 14.2. The lowest BCUT2D eigenvalue weighted by Crippen LogP contribution is -2.44. The van der Waals surface area contributed by atoms with Gasteiger partial charge < -0.3 is 10.4 Å². The molecule has 0 spiro atoms. The Labute approximate surface area is 143 Å². The van der Waals surface area contributed by atoms with Crippen molar-refractivity contribution in [1.82, 2.24) is 5.32 Å². The van der Waals surface area contributed by atoms with Crippen molar-refractivity contribution >= 4 is 5.97 Å². The smallest absolute Gasteiger partial charge is 0.335 e. The number of hydrogen-bond acceptors (Lipinski definition) is 2. The number of benzene rings is 2. The van der Waals surface area contributed by atoms with Gasteiger partial charge in [-0.3, -0.25) is 0 Å². The molecule has 1 aliphatic carbocycles. The van der Waals surface area contributed by atoms with Crippen LogP contribution in [0, 0.1) is 0 Å². The third kappa shape index (κ3) is 3.36. The molecule has 2 aromatic carbocycles. The van der Waals surface area contributed by atoms with Crippen LogP contribution in [0.4, 0.5) is 0 Å². The van der Waals surface area contributed by atoms with Crippen LogP contribution >= 0.6 is 0 Å². The Kier molecular flexibility index (Phi) is 5.00. The standard InChI is InChI=1S/C21H25NO2/c1-16(22-15-17-8-7-9-18(14-17)20(23)24)21(12-5-6-13-21)19-10-3-2-4-11-19/h2-4,7-11,14,16,22H,5-6,12-13,15H2,1H3,(H,23,24). The van der Waals surface area contributed by atoms with Crippen molar-refractivity contribution in [2.24, 2.45) is 0 Å². The van der Waals surface area contributed by atoms with E-state index >= 15 is 0 Å². The highest BCUT2D eigenvalue weighted by molar-refractivity contribution is 5.87. The second kappa shape index (κ2) is 7.18. The summed E-state index contributed by atoms with van der Waals surface area (Å²) >= 11 is 0. The van der Waals surface area contributed by atoms with Gasteiger partial charge in [-0.25, -0.2) is 4.79 Å². The SMILES string of the molecule is CC(NCc1cccc(C(=O)O)c1)C1(c2ccccc2)CCCC1. The van der Waals surface area contributed by atoms with Gasteiger partial charge in [0, 0.05) is 18.0 Å². The highest BCUT2D eigenvalue weighted by atomic mass is 16.4. The van der Waals surface area contributed by atoms with E-state index in [1.54, 1.807) is 12.1 Å². The van der Waals surface area contributed by atoms with E-state index in [0.717, 1.165) is 5.56 Å². The van der Waals surface area contributed by atoms with Crippen molar-refractivity contribution in [3.8, 4) is 0 Å². The average molecular weight is 323 g/mol. The summed E-state index contributed by atoms with van der Waals surface area (Å²) in [7, 11) is 0. The number of nitrogens with one attached hydrogen (secondary N) is 1. The molecule has 3 rings (SSSR count). The number of carboxylic acid groups (broad SMARTS) is 1. The van der Waals surface area contributed by atoms with Crippen LogP contribution in [0.1, 0.15) is 54.1 Å². The summed E-state index contributed by atoms with van der Waals surface area (Å²) in [6.07, 6.45) is 4.96. The van der Waals surface area contributed by atoms with Crippen molar-refractivity contribution in [3.63, 3.8) is 0 Å². The minimum Gasteiger partial charge on any atom is -0.478 e. The van der Waals surface area contributed by atoms with Gasteiger partial charge in [-0.2, -0.15) is 0 Å². The molecule has 1 atom stereocenters. The molecule has 0 aromatic heterocycles. The maximum Gasteiger partial charge on any atom is 0.335 e. The van der Waals surface area contributed by atoms with Crippen molar-refractivity contribution in [2.75, 3.05) is 0 Å². The Morgan fingerprint density at radius 3 is 2.50 bits per heavy atom. The monoisotopic (exact) mass is 323 g/mol. The third-order valence-electron chi connectivity index (χ3n) is 5.46. The number of aromatic carboxylic acids is 1. The minimum absolute atomic E-state index is 0.186. The van der Waals surface area contributed by atoms with Gasteiger partial charge in [0.25, 0.3) is 0 Å². The van der Waals surface area contributed by atoms with Crippen LogP contribution in [0.25, 0.3) is 0 Å². The molecule has 3 heteroatoms. The van der Waals surface area contributed by atoms with E-state index in [4.69, 9.17) is 5.11 Å². The normalized spacial score (nSPS) is 17.5. The highest BCUT2D eigenvalue weighted by Gasteiger charge is 2.40. The largest absolute Gasteiger partial charge is 0.478 e. The Balaban J connectivity index is 1.74. The lowest BCUT2D eigenvalue weighted by atomic mass is 9.73. The fourth-order valence-electron chi connectivity index (χ4n) is 4.03. The van der Waals surface area contributed by atoms with E-state index in [9.17, 15) is 4.79 Å². The number of carbonyl (C=O) groups is 1. The molecule has 1 aliphatic rings. The predicted molar refractivity (Wildman–Crippen MR) is 96.3 cm³/mol. The quantitative estimate of drug-likeness (QED) is 0.829. The Bertz CT molecular complexity index is 690. The lowest BCUT2D eigenvalue weighted by Gasteiger charge is -2.37. The first kappa shape index (κ1) is 16.7. The van der Waals surface area contributed by atoms with Gasteiger partial charge in [-0.05, 0) is 43.0 Å². The first-order chi connectivity index (χ1) is 11.6. The fourth-order valence-corrected chi connectivity index (χ4v) is 4.03. The first-order valence-electron chi connectivity index (χ1n) is 8.73. The van der Waals surface area contributed by atoms with Crippen LogP contribution in [0.5, 0.6) is 0 Å². The molecular formula is C21H25NO2. The van der Waals surface area contributed by atoms with Crippen molar-refractivity contribution in [2.45, 2.75) is 50.6 Å². The molecule has 126 valence electrons. The Morgan fingerprint density at radius 1 is 1.12 bits per heavy atom. The first-order valence-corrected chi connectivity index (χ1v) is 8.73. The molecule has 0 heterocycles. The van der Waals surface area contributed by atoms with E-state index in [1.165, 1.54) is 31.2 Å². The Morgan fingerprint density at radius 2 is 1.83 bits per heavy atom. The zero-order valence-corrected chi connectivity index (χ0v) is 14.2. The van der Waals surface area contributed by atoms with Gasteiger partial charge in [0.2, 0.25) is 0 Å². The summed E-state index contributed by atoms with van der Waals surface area (Å²) < 4.78 is 0. The summed E-state index contributed by atoms with van der Waals surface area (Å²) in [6.45, 7) is 2.95. The van der Waals surface area contributed by atoms with Gasteiger partial charge in [0.05, 0.1) is 5.56 Å².